The molecule has 0 N–H and O–H groups in total. The van der Waals surface area contributed by atoms with Crippen LogP contribution in [-0.4, -0.2) is 162 Å². The fourth-order valence-corrected chi connectivity index (χ4v) is 16.8. The molecule has 28 heteroatoms. The maximum atomic E-state index is 12.7. The zero-order chi connectivity index (χ0) is 99.6. The van der Waals surface area contributed by atoms with Crippen LogP contribution in [0.25, 0.3) is 0 Å². The molecule has 0 amide bonds. The molecule has 28 nitrogen and oxygen atoms in total. The van der Waals surface area contributed by atoms with E-state index < -0.39 is 58.9 Å². The summed E-state index contributed by atoms with van der Waals surface area (Å²) in [6.07, 6.45) is 29.8. The van der Waals surface area contributed by atoms with Gasteiger partial charge in [0.05, 0.1) is 98.5 Å². The lowest BCUT2D eigenvalue weighted by molar-refractivity contribution is -0.302. The summed E-state index contributed by atoms with van der Waals surface area (Å²) in [5, 5.41) is 0. The van der Waals surface area contributed by atoms with Crippen molar-refractivity contribution >= 4 is 77.6 Å². The quantitative estimate of drug-likeness (QED) is 0.0113. The third kappa shape index (κ3) is 50.6. The van der Waals surface area contributed by atoms with E-state index in [0.29, 0.717) is 58.2 Å². The number of esters is 11. The maximum Gasteiger partial charge on any atom is 0.345 e. The summed E-state index contributed by atoms with van der Waals surface area (Å²) in [5.74, 6) is -5.21. The molecule has 1 unspecified atom stereocenters. The highest BCUT2D eigenvalue weighted by Gasteiger charge is 2.40. The predicted octanol–water partition coefficient (Wildman–Crippen LogP) is 27.2. The van der Waals surface area contributed by atoms with Crippen LogP contribution in [0.3, 0.4) is 0 Å². The standard InChI is InChI=1S/C27H38O6.C27H32O6.C24H26O6.2C17H22O5.9CH4/c2*1-2-27(18-31-24(28)21-12-6-3-7-13-21,19-32-25(29)22-14-8-4-9-15-22)20-33-26(30)23-16-10-5-11-17-23;25-22(18-10-4-1-5-11-18)28-16-21(30-24(27)20-14-8-3-9-15-20)17-29-23(26)19-12-6-2-7-13-19;1-13(12-20-16(18)14-8-4-2-5-9-14)21-22-17(19)15-10-6-3-7-11-15;18-16(14-8-3-1-4-9-14)20-12-7-13-21-22-17(19)15-10-5-2-6-11-15;;;;;;;;;/h3,6-7,12-13,22-23H,2,4-5,8-11,14-20H2,1H3;3-4,6-9,12-15,23H,2,5,10-11,16-20H2,1H3;1-2,4-7,10-13,20-21H,3,8-9,14-17H2;2,4-5,8-9,13,15H,3,6-7,10-12H2,1H3;1,3-4,8-9,15H,2,5-7,10-13H2;9*1H4. The summed E-state index contributed by atoms with van der Waals surface area (Å²) in [7, 11) is 0. The Labute approximate surface area is 888 Å². The lowest BCUT2D eigenvalue weighted by Crippen LogP contribution is -2.40. The SMILES string of the molecule is C.C.C.C.C.C.C.C.C.CC(COC(=O)c1ccccc1)OOC(=O)C1CCCCC1.CCC(COC(=O)c1ccccc1)(COC(=O)C1CCCCC1)COC(=O)C1CCCCC1.CCC(COC(=O)c1ccccc1)(COC(=O)c1ccccc1)COC(=O)C1CCCCC1.O=C(OCC(COC(=O)c1ccccc1)OC(=O)C1CCCCC1)c1ccccc1.O=C(OCCCOOC(=O)C1CCCCC1)c1ccccc1. The van der Waals surface area contributed by atoms with Gasteiger partial charge in [0.15, 0.2) is 6.10 Å². The number of carbonyl (C=O) groups excluding carboxylic acids is 13. The molecular formula is C121H176O28. The molecule has 1 atom stereocenters. The van der Waals surface area contributed by atoms with Crippen LogP contribution in [0.1, 0.15) is 372 Å². The number of carbonyl (C=O) groups is 13. The van der Waals surface area contributed by atoms with Gasteiger partial charge in [0.25, 0.3) is 0 Å². The average molecular weight is 2080 g/mol. The molecule has 7 aromatic carbocycles. The van der Waals surface area contributed by atoms with Crippen molar-refractivity contribution in [2.75, 3.05) is 72.7 Å². The summed E-state index contributed by atoms with van der Waals surface area (Å²) in [4.78, 5) is 179. The summed E-state index contributed by atoms with van der Waals surface area (Å²) in [6, 6.07) is 60.8. The zero-order valence-corrected chi connectivity index (χ0v) is 81.4. The van der Waals surface area contributed by atoms with Crippen molar-refractivity contribution in [2.45, 2.75) is 312 Å². The van der Waals surface area contributed by atoms with E-state index in [1.165, 1.54) is 12.8 Å². The molecule has 149 heavy (non-hydrogen) atoms. The van der Waals surface area contributed by atoms with Gasteiger partial charge in [-0.25, -0.2) is 43.2 Å². The van der Waals surface area contributed by atoms with Gasteiger partial charge in [-0.2, -0.15) is 9.78 Å². The van der Waals surface area contributed by atoms with Crippen LogP contribution in [0.15, 0.2) is 212 Å². The smallest absolute Gasteiger partial charge is 0.345 e. The second-order valence-electron chi connectivity index (χ2n) is 36.7. The minimum atomic E-state index is -0.861. The van der Waals surface area contributed by atoms with Gasteiger partial charge in [0.2, 0.25) is 0 Å². The summed E-state index contributed by atoms with van der Waals surface area (Å²) in [6.45, 7) is 5.76. The maximum absolute atomic E-state index is 12.7. The van der Waals surface area contributed by atoms with E-state index >= 15 is 0 Å². The van der Waals surface area contributed by atoms with Crippen molar-refractivity contribution < 1.29 is 134 Å². The number of benzene rings is 7. The Kier molecular flexibility index (Phi) is 71.4. The normalized spacial score (nSPS) is 14.7. The van der Waals surface area contributed by atoms with Crippen molar-refractivity contribution in [3.63, 3.8) is 0 Å². The van der Waals surface area contributed by atoms with E-state index in [2.05, 4.69) is 0 Å². The number of rotatable bonds is 41. The Morgan fingerprint density at radius 1 is 0.242 bits per heavy atom. The lowest BCUT2D eigenvalue weighted by atomic mass is 9.86. The van der Waals surface area contributed by atoms with Gasteiger partial charge in [-0.3, -0.25) is 29.0 Å². The van der Waals surface area contributed by atoms with Gasteiger partial charge in [-0.05, 0) is 182 Å². The van der Waals surface area contributed by atoms with Crippen molar-refractivity contribution in [3.05, 3.63) is 251 Å². The number of ether oxygens (including phenoxy) is 11. The molecule has 7 aromatic rings. The molecule has 0 radical (unpaired) electrons. The van der Waals surface area contributed by atoms with Crippen molar-refractivity contribution in [1.82, 2.24) is 0 Å². The molecule has 6 aliphatic carbocycles. The molecule has 6 aliphatic rings. The van der Waals surface area contributed by atoms with Gasteiger partial charge in [0, 0.05) is 6.42 Å². The van der Waals surface area contributed by atoms with E-state index in [1.807, 2.05) is 44.2 Å². The van der Waals surface area contributed by atoms with Crippen LogP contribution >= 0.6 is 0 Å². The Hall–Kier alpha value is -12.4. The molecule has 0 spiro atoms. The van der Waals surface area contributed by atoms with Crippen LogP contribution in [0.2, 0.25) is 0 Å². The Morgan fingerprint density at radius 2 is 0.450 bits per heavy atom. The third-order valence-corrected chi connectivity index (χ3v) is 25.9. The van der Waals surface area contributed by atoms with E-state index in [0.717, 1.165) is 180 Å². The highest BCUT2D eigenvalue weighted by Crippen LogP contribution is 2.35. The monoisotopic (exact) mass is 2080 g/mol. The summed E-state index contributed by atoms with van der Waals surface area (Å²) >= 11 is 0. The molecule has 0 heterocycles. The fourth-order valence-electron chi connectivity index (χ4n) is 16.8. The van der Waals surface area contributed by atoms with Crippen LogP contribution in [-0.2, 0) is 100 Å². The molecule has 828 valence electrons. The fraction of sp³-hybridized carbons (Fsp3) is 0.545. The molecule has 0 aliphatic heterocycles. The van der Waals surface area contributed by atoms with Crippen molar-refractivity contribution in [2.24, 2.45) is 46.3 Å². The second kappa shape index (κ2) is 77.9. The summed E-state index contributed by atoms with van der Waals surface area (Å²) in [5.41, 5.74) is 1.53. The minimum absolute atomic E-state index is 0. The van der Waals surface area contributed by atoms with Gasteiger partial charge in [-0.1, -0.05) is 324 Å². The topological polar surface area (TPSA) is 360 Å². The largest absolute Gasteiger partial charge is 0.465 e. The van der Waals surface area contributed by atoms with Crippen molar-refractivity contribution in [3.8, 4) is 0 Å². The molecule has 0 saturated heterocycles. The highest BCUT2D eigenvalue weighted by molar-refractivity contribution is 5.93. The summed E-state index contributed by atoms with van der Waals surface area (Å²) < 4.78 is 60.3. The van der Waals surface area contributed by atoms with E-state index in [-0.39, 0.29) is 217 Å². The van der Waals surface area contributed by atoms with Gasteiger partial charge >= 0.3 is 77.6 Å². The van der Waals surface area contributed by atoms with Crippen LogP contribution in [0.4, 0.5) is 0 Å². The molecule has 13 rings (SSSR count). The first-order valence-electron chi connectivity index (χ1n) is 50.1. The van der Waals surface area contributed by atoms with E-state index in [1.54, 1.807) is 189 Å². The molecule has 6 fully saturated rings. The Morgan fingerprint density at radius 3 is 0.698 bits per heavy atom. The zero-order valence-electron chi connectivity index (χ0n) is 81.4. The van der Waals surface area contributed by atoms with E-state index in [9.17, 15) is 62.3 Å². The molecule has 0 aromatic heterocycles. The lowest BCUT2D eigenvalue weighted by Gasteiger charge is -2.32. The van der Waals surface area contributed by atoms with E-state index in [4.69, 9.17) is 71.7 Å². The first kappa shape index (κ1) is 137. The molecule has 0 bridgehead atoms. The predicted molar refractivity (Wildman–Crippen MR) is 579 cm³/mol. The van der Waals surface area contributed by atoms with Crippen LogP contribution in [0, 0.1) is 46.3 Å². The van der Waals surface area contributed by atoms with Gasteiger partial charge in [-0.15, -0.1) is 0 Å². The Balaban J connectivity index is 0.00000183. The van der Waals surface area contributed by atoms with Crippen LogP contribution < -0.4 is 0 Å². The number of hydrogen-bond donors (Lipinski definition) is 0. The van der Waals surface area contributed by atoms with Gasteiger partial charge in [0.1, 0.15) is 65.6 Å². The third-order valence-electron chi connectivity index (χ3n) is 25.9. The number of hydrogen-bond acceptors (Lipinski definition) is 28. The first-order valence-corrected chi connectivity index (χ1v) is 50.1. The second-order valence-corrected chi connectivity index (χ2v) is 36.7. The Bertz CT molecular complexity index is 4690. The first-order chi connectivity index (χ1) is 68.1. The average Bonchev–Trinajstić information content (AvgIpc) is 0.842. The minimum Gasteiger partial charge on any atom is -0.465 e. The molecular weight excluding hydrogens is 1900 g/mol. The molecule has 6 saturated carbocycles. The van der Waals surface area contributed by atoms with Crippen molar-refractivity contribution in [1.29, 1.82) is 0 Å². The van der Waals surface area contributed by atoms with Gasteiger partial charge < -0.3 is 52.1 Å². The highest BCUT2D eigenvalue weighted by atomic mass is 17.2. The van der Waals surface area contributed by atoms with Crippen LogP contribution in [0.5, 0.6) is 0 Å².